The molecule has 8 heteroatoms. The van der Waals surface area contributed by atoms with Crippen molar-refractivity contribution in [3.05, 3.63) is 77.8 Å². The van der Waals surface area contributed by atoms with Gasteiger partial charge in [-0.05, 0) is 67.2 Å². The lowest BCUT2D eigenvalue weighted by molar-refractivity contribution is -0.115. The van der Waals surface area contributed by atoms with Crippen LogP contribution in [0.4, 0.5) is 17.1 Å². The molecule has 0 aliphatic rings. The largest absolute Gasteiger partial charge is 0.495 e. The number of hydrogen-bond acceptors (Lipinski definition) is 4. The van der Waals surface area contributed by atoms with Crippen LogP contribution in [0, 0.1) is 0 Å². The van der Waals surface area contributed by atoms with Gasteiger partial charge in [0, 0.05) is 22.0 Å². The van der Waals surface area contributed by atoms with Gasteiger partial charge in [0.05, 0.1) is 17.4 Å². The molecule has 1 unspecified atom stereocenters. The van der Waals surface area contributed by atoms with Crippen LogP contribution in [0.3, 0.4) is 0 Å². The van der Waals surface area contributed by atoms with E-state index >= 15 is 0 Å². The number of halogens is 1. The molecule has 1 atom stereocenters. The molecule has 0 aliphatic carbocycles. The highest BCUT2D eigenvalue weighted by Gasteiger charge is 2.19. The number of methoxy groups -OCH3 is 1. The van der Waals surface area contributed by atoms with Gasteiger partial charge in [0.25, 0.3) is 0 Å². The summed E-state index contributed by atoms with van der Waals surface area (Å²) in [5.41, 5.74) is 2.39. The molecule has 3 rings (SSSR count). The van der Waals surface area contributed by atoms with E-state index in [0.29, 0.717) is 28.0 Å². The number of rotatable bonds is 8. The molecule has 3 aromatic rings. The fraction of sp³-hybridized carbons (Fsp3) is 0.167. The Morgan fingerprint density at radius 2 is 1.66 bits per heavy atom. The van der Waals surface area contributed by atoms with E-state index in [1.807, 2.05) is 61.5 Å². The van der Waals surface area contributed by atoms with E-state index < -0.39 is 0 Å². The first-order valence-corrected chi connectivity index (χ1v) is 11.7. The zero-order valence-corrected chi connectivity index (χ0v) is 20.1. The number of carbonyl (C=O) groups is 1. The van der Waals surface area contributed by atoms with Crippen LogP contribution in [0.25, 0.3) is 0 Å². The molecule has 5 nitrogen and oxygen atoms in total. The average molecular weight is 486 g/mol. The van der Waals surface area contributed by atoms with Crippen molar-refractivity contribution in [2.45, 2.75) is 23.5 Å². The summed E-state index contributed by atoms with van der Waals surface area (Å²) >= 11 is 13.1. The Labute approximate surface area is 202 Å². The molecule has 0 aliphatic heterocycles. The quantitative estimate of drug-likeness (QED) is 0.245. The van der Waals surface area contributed by atoms with Crippen molar-refractivity contribution in [2.24, 2.45) is 0 Å². The number of nitrogens with one attached hydrogen (secondary N) is 3. The normalized spacial score (nSPS) is 11.3. The van der Waals surface area contributed by atoms with Crippen molar-refractivity contribution in [1.82, 2.24) is 0 Å². The summed E-state index contributed by atoms with van der Waals surface area (Å²) in [5, 5.41) is 9.96. The second-order valence-electron chi connectivity index (χ2n) is 6.83. The van der Waals surface area contributed by atoms with Crippen LogP contribution in [-0.4, -0.2) is 23.4 Å². The maximum atomic E-state index is 12.8. The summed E-state index contributed by atoms with van der Waals surface area (Å²) in [6, 6.07) is 22.7. The minimum atomic E-state index is -0.263. The maximum absolute atomic E-state index is 12.8. The predicted molar refractivity (Wildman–Crippen MR) is 139 cm³/mol. The first kappa shape index (κ1) is 23.9. The van der Waals surface area contributed by atoms with Crippen molar-refractivity contribution in [1.29, 1.82) is 0 Å². The van der Waals surface area contributed by atoms with Crippen molar-refractivity contribution in [3.63, 3.8) is 0 Å². The molecule has 0 heterocycles. The second kappa shape index (κ2) is 11.8. The van der Waals surface area contributed by atoms with Crippen LogP contribution in [0.15, 0.2) is 77.7 Å². The summed E-state index contributed by atoms with van der Waals surface area (Å²) in [7, 11) is 1.55. The number of amides is 1. The van der Waals surface area contributed by atoms with Crippen molar-refractivity contribution >= 4 is 63.7 Å². The van der Waals surface area contributed by atoms with Crippen LogP contribution >= 0.6 is 35.6 Å². The Balaban J connectivity index is 1.61. The molecule has 0 saturated carbocycles. The predicted octanol–water partition coefficient (Wildman–Crippen LogP) is 6.67. The van der Waals surface area contributed by atoms with Crippen LogP contribution in [0.2, 0.25) is 5.02 Å². The van der Waals surface area contributed by atoms with Crippen LogP contribution in [0.1, 0.15) is 13.3 Å². The molecular formula is C24H24ClN3O2S2. The third-order valence-electron chi connectivity index (χ3n) is 4.48. The molecular weight excluding hydrogens is 462 g/mol. The monoisotopic (exact) mass is 485 g/mol. The van der Waals surface area contributed by atoms with Crippen LogP contribution in [-0.2, 0) is 4.79 Å². The number of para-hydroxylation sites is 1. The fourth-order valence-electron chi connectivity index (χ4n) is 2.92. The highest BCUT2D eigenvalue weighted by Crippen LogP contribution is 2.30. The van der Waals surface area contributed by atoms with Gasteiger partial charge in [0.1, 0.15) is 5.75 Å². The first-order valence-electron chi connectivity index (χ1n) is 10.0. The molecule has 0 aromatic heterocycles. The zero-order valence-electron chi connectivity index (χ0n) is 17.7. The fourth-order valence-corrected chi connectivity index (χ4v) is 4.42. The molecule has 166 valence electrons. The Morgan fingerprint density at radius 3 is 2.34 bits per heavy atom. The molecule has 3 aromatic carbocycles. The Bertz CT molecular complexity index is 1080. The number of benzene rings is 3. The van der Waals surface area contributed by atoms with Crippen molar-refractivity contribution < 1.29 is 9.53 Å². The van der Waals surface area contributed by atoms with Gasteiger partial charge >= 0.3 is 0 Å². The number of carbonyl (C=O) groups excluding carboxylic acids is 1. The van der Waals surface area contributed by atoms with Gasteiger partial charge in [-0.25, -0.2) is 0 Å². The number of ether oxygens (including phenoxy) is 1. The third-order valence-corrected chi connectivity index (χ3v) is 6.34. The number of hydrogen-bond donors (Lipinski definition) is 3. The highest BCUT2D eigenvalue weighted by molar-refractivity contribution is 8.00. The smallest absolute Gasteiger partial charge is 0.237 e. The van der Waals surface area contributed by atoms with E-state index in [0.717, 1.165) is 16.3 Å². The lowest BCUT2D eigenvalue weighted by Crippen LogP contribution is -2.24. The van der Waals surface area contributed by atoms with Gasteiger partial charge in [-0.3, -0.25) is 4.79 Å². The second-order valence-corrected chi connectivity index (χ2v) is 8.92. The van der Waals surface area contributed by atoms with E-state index in [1.165, 1.54) is 11.8 Å². The van der Waals surface area contributed by atoms with E-state index in [-0.39, 0.29) is 11.2 Å². The molecule has 0 bridgehead atoms. The molecule has 0 radical (unpaired) electrons. The minimum Gasteiger partial charge on any atom is -0.495 e. The van der Waals surface area contributed by atoms with Gasteiger partial charge in [0.2, 0.25) is 5.91 Å². The van der Waals surface area contributed by atoms with Crippen LogP contribution < -0.4 is 20.7 Å². The molecule has 1 amide bonds. The number of thiocarbonyl (C=S) groups is 1. The van der Waals surface area contributed by atoms with Gasteiger partial charge in [-0.2, -0.15) is 0 Å². The lowest BCUT2D eigenvalue weighted by atomic mass is 10.2. The molecule has 0 fully saturated rings. The maximum Gasteiger partial charge on any atom is 0.237 e. The van der Waals surface area contributed by atoms with Gasteiger partial charge in [0.15, 0.2) is 5.11 Å². The van der Waals surface area contributed by atoms with E-state index in [2.05, 4.69) is 16.0 Å². The first-order chi connectivity index (χ1) is 15.5. The van der Waals surface area contributed by atoms with Crippen LogP contribution in [0.5, 0.6) is 5.75 Å². The summed E-state index contributed by atoms with van der Waals surface area (Å²) < 4.78 is 5.16. The summed E-state index contributed by atoms with van der Waals surface area (Å²) in [6.07, 6.45) is 0.673. The van der Waals surface area contributed by atoms with E-state index in [9.17, 15) is 4.79 Å². The van der Waals surface area contributed by atoms with Gasteiger partial charge in [-0.1, -0.05) is 42.8 Å². The molecule has 0 saturated heterocycles. The average Bonchev–Trinajstić information content (AvgIpc) is 2.78. The van der Waals surface area contributed by atoms with E-state index in [1.54, 1.807) is 25.3 Å². The highest BCUT2D eigenvalue weighted by atomic mass is 35.5. The third kappa shape index (κ3) is 6.88. The Kier molecular flexibility index (Phi) is 8.79. The summed E-state index contributed by atoms with van der Waals surface area (Å²) in [5.74, 6) is 0.480. The topological polar surface area (TPSA) is 62.4 Å². The Hall–Kier alpha value is -2.74. The Morgan fingerprint density at radius 1 is 0.969 bits per heavy atom. The van der Waals surface area contributed by atoms with Crippen molar-refractivity contribution in [3.8, 4) is 5.75 Å². The SMILES string of the molecule is CCC(Sc1cccc(NC(=S)Nc2ccccc2)c1)C(=O)Nc1ccc(OC)c(Cl)c1. The minimum absolute atomic E-state index is 0.0849. The number of thioether (sulfide) groups is 1. The van der Waals surface area contributed by atoms with Crippen molar-refractivity contribution in [2.75, 3.05) is 23.1 Å². The van der Waals surface area contributed by atoms with E-state index in [4.69, 9.17) is 28.6 Å². The zero-order chi connectivity index (χ0) is 22.9. The summed E-state index contributed by atoms with van der Waals surface area (Å²) in [4.78, 5) is 13.8. The molecule has 32 heavy (non-hydrogen) atoms. The molecule has 0 spiro atoms. The van der Waals surface area contributed by atoms with Gasteiger partial charge in [-0.15, -0.1) is 11.8 Å². The summed E-state index contributed by atoms with van der Waals surface area (Å²) in [6.45, 7) is 1.99. The molecule has 3 N–H and O–H groups in total. The number of anilines is 3. The standard InChI is InChI=1S/C24H24ClN3O2S2/c1-3-22(23(29)26-18-12-13-21(30-2)20(25)15-18)32-19-11-7-10-17(14-19)28-24(31)27-16-8-5-4-6-9-16/h4-15,22H,3H2,1-2H3,(H,26,29)(H2,27,28,31). The van der Waals surface area contributed by atoms with Gasteiger partial charge < -0.3 is 20.7 Å². The lowest BCUT2D eigenvalue weighted by Gasteiger charge is -2.16.